The minimum atomic E-state index is -1.06. The molecule has 5 heteroatoms. The first-order valence-electron chi connectivity index (χ1n) is 9.68. The van der Waals surface area contributed by atoms with Crippen LogP contribution in [0.15, 0.2) is 78.9 Å². The second-order valence-corrected chi connectivity index (χ2v) is 7.26. The maximum absolute atomic E-state index is 12.5. The van der Waals surface area contributed by atoms with Crippen LogP contribution in [0.25, 0.3) is 0 Å². The number of amides is 1. The Kier molecular flexibility index (Phi) is 5.72. The highest BCUT2D eigenvalue weighted by molar-refractivity contribution is 6.17. The quantitative estimate of drug-likeness (QED) is 0.389. The van der Waals surface area contributed by atoms with Gasteiger partial charge in [-0.05, 0) is 31.0 Å². The summed E-state index contributed by atoms with van der Waals surface area (Å²) >= 11 is 5.75. The maximum atomic E-state index is 12.5. The van der Waals surface area contributed by atoms with E-state index in [0.717, 1.165) is 35.3 Å². The number of cyclic esters (lactones) is 1. The normalized spacial score (nSPS) is 14.4. The van der Waals surface area contributed by atoms with Gasteiger partial charge in [0.15, 0.2) is 5.60 Å². The highest BCUT2D eigenvalue weighted by Crippen LogP contribution is 2.47. The van der Waals surface area contributed by atoms with Gasteiger partial charge in [0.2, 0.25) is 0 Å². The van der Waals surface area contributed by atoms with E-state index >= 15 is 0 Å². The Morgan fingerprint density at radius 1 is 0.897 bits per heavy atom. The maximum Gasteiger partial charge on any atom is 0.413 e. The summed E-state index contributed by atoms with van der Waals surface area (Å²) in [4.78, 5) is 12.5. The standard InChI is InChI=1S/C24H22ClNO3/c25-15-7-8-16-28-20-13-14-22-21(17-20)24(29-23(27)26-22,18-9-3-1-4-10-18)19-11-5-2-6-12-19/h1-6,9-14,17H,7-8,15-16H2,(H,26,27). The summed E-state index contributed by atoms with van der Waals surface area (Å²) in [6.07, 6.45) is 1.31. The molecule has 0 bridgehead atoms. The number of halogens is 1. The number of benzene rings is 3. The second kappa shape index (κ2) is 8.58. The van der Waals surface area contributed by atoms with Crippen LogP contribution in [-0.2, 0) is 10.3 Å². The highest BCUT2D eigenvalue weighted by atomic mass is 35.5. The zero-order valence-corrected chi connectivity index (χ0v) is 16.7. The summed E-state index contributed by atoms with van der Waals surface area (Å²) in [6, 6.07) is 25.3. The van der Waals surface area contributed by atoms with E-state index in [2.05, 4.69) is 5.32 Å². The SMILES string of the molecule is O=C1Nc2ccc(OCCCCCl)cc2C(c2ccccc2)(c2ccccc2)O1. The summed E-state index contributed by atoms with van der Waals surface area (Å²) in [5.74, 6) is 1.35. The molecule has 0 saturated heterocycles. The van der Waals surface area contributed by atoms with Crippen molar-refractivity contribution in [2.24, 2.45) is 0 Å². The van der Waals surface area contributed by atoms with Gasteiger partial charge in [-0.15, -0.1) is 11.6 Å². The molecule has 1 aliphatic rings. The molecule has 0 saturated carbocycles. The number of anilines is 1. The van der Waals surface area contributed by atoms with Crippen LogP contribution < -0.4 is 10.1 Å². The van der Waals surface area contributed by atoms with Crippen LogP contribution in [0.3, 0.4) is 0 Å². The van der Waals surface area contributed by atoms with Crippen molar-refractivity contribution in [1.82, 2.24) is 0 Å². The lowest BCUT2D eigenvalue weighted by Crippen LogP contribution is -2.41. The Morgan fingerprint density at radius 3 is 2.17 bits per heavy atom. The minimum Gasteiger partial charge on any atom is -0.494 e. The molecule has 1 N–H and O–H groups in total. The van der Waals surface area contributed by atoms with Crippen molar-refractivity contribution in [1.29, 1.82) is 0 Å². The first kappa shape index (κ1) is 19.3. The number of ether oxygens (including phenoxy) is 2. The highest BCUT2D eigenvalue weighted by Gasteiger charge is 2.45. The number of carbonyl (C=O) groups is 1. The number of carbonyl (C=O) groups excluding carboxylic acids is 1. The van der Waals surface area contributed by atoms with E-state index in [-0.39, 0.29) is 0 Å². The fraction of sp³-hybridized carbons (Fsp3) is 0.208. The summed E-state index contributed by atoms with van der Waals surface area (Å²) in [5.41, 5.74) is 2.24. The van der Waals surface area contributed by atoms with E-state index in [1.165, 1.54) is 0 Å². The van der Waals surface area contributed by atoms with E-state index in [4.69, 9.17) is 21.1 Å². The van der Waals surface area contributed by atoms with Gasteiger partial charge in [0, 0.05) is 22.6 Å². The van der Waals surface area contributed by atoms with Gasteiger partial charge in [-0.2, -0.15) is 0 Å². The fourth-order valence-corrected chi connectivity index (χ4v) is 3.86. The average molecular weight is 408 g/mol. The first-order valence-corrected chi connectivity index (χ1v) is 10.2. The number of rotatable bonds is 7. The Bertz CT molecular complexity index is 936. The van der Waals surface area contributed by atoms with Crippen LogP contribution in [0.2, 0.25) is 0 Å². The number of hydrogen-bond acceptors (Lipinski definition) is 3. The van der Waals surface area contributed by atoms with Gasteiger partial charge in [0.05, 0.1) is 12.3 Å². The monoisotopic (exact) mass is 407 g/mol. The fourth-order valence-electron chi connectivity index (χ4n) is 3.67. The van der Waals surface area contributed by atoms with Crippen LogP contribution in [0.1, 0.15) is 29.5 Å². The molecule has 4 nitrogen and oxygen atoms in total. The molecule has 4 rings (SSSR count). The molecule has 0 radical (unpaired) electrons. The third-order valence-electron chi connectivity index (χ3n) is 5.01. The third kappa shape index (κ3) is 3.81. The number of alkyl halides is 1. The van der Waals surface area contributed by atoms with Crippen LogP contribution in [0, 0.1) is 0 Å². The van der Waals surface area contributed by atoms with Crippen molar-refractivity contribution in [3.05, 3.63) is 95.6 Å². The lowest BCUT2D eigenvalue weighted by molar-refractivity contribution is 0.0736. The molecular formula is C24H22ClNO3. The van der Waals surface area contributed by atoms with Gasteiger partial charge < -0.3 is 9.47 Å². The predicted molar refractivity (Wildman–Crippen MR) is 115 cm³/mol. The molecule has 0 unspecified atom stereocenters. The molecule has 29 heavy (non-hydrogen) atoms. The summed E-state index contributed by atoms with van der Waals surface area (Å²) < 4.78 is 12.0. The first-order chi connectivity index (χ1) is 14.2. The Morgan fingerprint density at radius 2 is 1.55 bits per heavy atom. The third-order valence-corrected chi connectivity index (χ3v) is 5.28. The van der Waals surface area contributed by atoms with Crippen LogP contribution in [0.5, 0.6) is 5.75 Å². The van der Waals surface area contributed by atoms with Gasteiger partial charge in [-0.3, -0.25) is 5.32 Å². The Labute approximate surface area is 175 Å². The molecule has 1 heterocycles. The number of nitrogens with one attached hydrogen (secondary N) is 1. The average Bonchev–Trinajstić information content (AvgIpc) is 2.77. The molecular weight excluding hydrogens is 386 g/mol. The zero-order valence-electron chi connectivity index (χ0n) is 15.9. The summed E-state index contributed by atoms with van der Waals surface area (Å²) in [7, 11) is 0. The molecule has 0 atom stereocenters. The smallest absolute Gasteiger partial charge is 0.413 e. The number of unbranched alkanes of at least 4 members (excludes halogenated alkanes) is 1. The molecule has 0 aromatic heterocycles. The Balaban J connectivity index is 1.85. The summed E-state index contributed by atoms with van der Waals surface area (Å²) in [6.45, 7) is 0.586. The topological polar surface area (TPSA) is 47.6 Å². The van der Waals surface area contributed by atoms with E-state index in [1.807, 2.05) is 78.9 Å². The van der Waals surface area contributed by atoms with E-state index in [1.54, 1.807) is 0 Å². The van der Waals surface area contributed by atoms with Crippen molar-refractivity contribution in [2.45, 2.75) is 18.4 Å². The lowest BCUT2D eigenvalue weighted by Gasteiger charge is -2.39. The van der Waals surface area contributed by atoms with Gasteiger partial charge in [-0.25, -0.2) is 4.79 Å². The lowest BCUT2D eigenvalue weighted by atomic mass is 9.78. The molecule has 1 aliphatic heterocycles. The molecule has 3 aromatic rings. The molecule has 0 aliphatic carbocycles. The van der Waals surface area contributed by atoms with Crippen LogP contribution in [0.4, 0.5) is 10.5 Å². The molecule has 3 aromatic carbocycles. The summed E-state index contributed by atoms with van der Waals surface area (Å²) in [5, 5.41) is 2.82. The van der Waals surface area contributed by atoms with Crippen molar-refractivity contribution in [2.75, 3.05) is 17.8 Å². The molecule has 0 spiro atoms. The van der Waals surface area contributed by atoms with Crippen molar-refractivity contribution >= 4 is 23.4 Å². The molecule has 1 amide bonds. The molecule has 0 fully saturated rings. The zero-order chi connectivity index (χ0) is 20.1. The predicted octanol–water partition coefficient (Wildman–Crippen LogP) is 5.94. The van der Waals surface area contributed by atoms with Gasteiger partial charge in [-0.1, -0.05) is 60.7 Å². The van der Waals surface area contributed by atoms with Crippen molar-refractivity contribution in [3.63, 3.8) is 0 Å². The number of hydrogen-bond donors (Lipinski definition) is 1. The van der Waals surface area contributed by atoms with Gasteiger partial charge in [0.25, 0.3) is 0 Å². The van der Waals surface area contributed by atoms with Gasteiger partial charge >= 0.3 is 6.09 Å². The van der Waals surface area contributed by atoms with Gasteiger partial charge in [0.1, 0.15) is 5.75 Å². The van der Waals surface area contributed by atoms with E-state index in [9.17, 15) is 4.79 Å². The second-order valence-electron chi connectivity index (χ2n) is 6.88. The number of fused-ring (bicyclic) bond motifs is 1. The van der Waals surface area contributed by atoms with Crippen LogP contribution in [-0.4, -0.2) is 18.6 Å². The van der Waals surface area contributed by atoms with E-state index in [0.29, 0.717) is 18.2 Å². The minimum absolute atomic E-state index is 0.485. The Hall–Kier alpha value is -2.98. The van der Waals surface area contributed by atoms with Crippen LogP contribution >= 0.6 is 11.6 Å². The van der Waals surface area contributed by atoms with E-state index < -0.39 is 11.7 Å². The molecule has 148 valence electrons. The van der Waals surface area contributed by atoms with Crippen molar-refractivity contribution < 1.29 is 14.3 Å². The largest absolute Gasteiger partial charge is 0.494 e. The van der Waals surface area contributed by atoms with Crippen molar-refractivity contribution in [3.8, 4) is 5.75 Å².